The van der Waals surface area contributed by atoms with E-state index >= 15 is 0 Å². The van der Waals surface area contributed by atoms with Gasteiger partial charge in [0.1, 0.15) is 5.75 Å². The molecule has 2 N–H and O–H groups in total. The van der Waals surface area contributed by atoms with Crippen LogP contribution in [0.25, 0.3) is 0 Å². The van der Waals surface area contributed by atoms with Gasteiger partial charge < -0.3 is 15.0 Å². The minimum absolute atomic E-state index is 0.178. The molecule has 0 aliphatic heterocycles. The van der Waals surface area contributed by atoms with Crippen LogP contribution < -0.4 is 10.1 Å². The molecule has 0 aliphatic rings. The normalized spacial score (nSPS) is 12.7. The summed E-state index contributed by atoms with van der Waals surface area (Å²) in [6.45, 7) is 9.01. The van der Waals surface area contributed by atoms with E-state index in [0.29, 0.717) is 0 Å². The van der Waals surface area contributed by atoms with Gasteiger partial charge in [0.2, 0.25) is 0 Å². The van der Waals surface area contributed by atoms with Crippen LogP contribution >= 0.6 is 0 Å². The van der Waals surface area contributed by atoms with Crippen molar-refractivity contribution in [2.24, 2.45) is 0 Å². The summed E-state index contributed by atoms with van der Waals surface area (Å²) < 4.78 is 5.87. The molecule has 1 aromatic carbocycles. The van der Waals surface area contributed by atoms with Crippen molar-refractivity contribution >= 4 is 0 Å². The largest absolute Gasteiger partial charge is 0.491 e. The van der Waals surface area contributed by atoms with E-state index in [0.717, 1.165) is 23.7 Å². The number of aromatic amines is 1. The van der Waals surface area contributed by atoms with Crippen molar-refractivity contribution < 1.29 is 4.74 Å². The summed E-state index contributed by atoms with van der Waals surface area (Å²) in [7, 11) is 0. The second kappa shape index (κ2) is 6.57. The van der Waals surface area contributed by atoms with Crippen molar-refractivity contribution in [3.05, 3.63) is 47.5 Å². The lowest BCUT2D eigenvalue weighted by molar-refractivity contribution is 0.238. The molecule has 4 nitrogen and oxygen atoms in total. The van der Waals surface area contributed by atoms with Crippen molar-refractivity contribution in [2.45, 2.75) is 46.4 Å². The number of H-pyrrole nitrogens is 1. The molecule has 0 saturated heterocycles. The number of hydrogen-bond donors (Lipinski definition) is 2. The fourth-order valence-corrected chi connectivity index (χ4v) is 2.12. The molecule has 0 amide bonds. The molecule has 20 heavy (non-hydrogen) atoms. The predicted molar refractivity (Wildman–Crippen MR) is 80.8 cm³/mol. The van der Waals surface area contributed by atoms with Crippen LogP contribution in [0.15, 0.2) is 30.6 Å². The number of rotatable bonds is 6. The monoisotopic (exact) mass is 273 g/mol. The molecular weight excluding hydrogens is 250 g/mol. The predicted octanol–water partition coefficient (Wildman–Crippen LogP) is 3.36. The number of ether oxygens (including phenoxy) is 1. The molecule has 1 heterocycles. The zero-order valence-electron chi connectivity index (χ0n) is 12.6. The summed E-state index contributed by atoms with van der Waals surface area (Å²) in [6.07, 6.45) is 1.91. The second-order valence-electron chi connectivity index (χ2n) is 5.28. The molecule has 2 aromatic rings. The maximum absolute atomic E-state index is 5.87. The van der Waals surface area contributed by atoms with Gasteiger partial charge in [0.15, 0.2) is 0 Å². The fourth-order valence-electron chi connectivity index (χ4n) is 2.12. The fraction of sp³-hybridized carbons (Fsp3) is 0.438. The maximum Gasteiger partial charge on any atom is 0.124 e. The SMILES string of the molecule is Cc1[nH]cnc1CNC(C)c1ccccc1OC(C)C. The highest BCUT2D eigenvalue weighted by atomic mass is 16.5. The summed E-state index contributed by atoms with van der Waals surface area (Å²) in [5.41, 5.74) is 3.34. The van der Waals surface area contributed by atoms with Crippen LogP contribution in [0.3, 0.4) is 0 Å². The topological polar surface area (TPSA) is 49.9 Å². The quantitative estimate of drug-likeness (QED) is 0.848. The average molecular weight is 273 g/mol. The van der Waals surface area contributed by atoms with Gasteiger partial charge in [0.25, 0.3) is 0 Å². The van der Waals surface area contributed by atoms with E-state index < -0.39 is 0 Å². The number of para-hydroxylation sites is 1. The molecule has 0 aliphatic carbocycles. The molecule has 1 unspecified atom stereocenters. The number of nitrogens with zero attached hydrogens (tertiary/aromatic N) is 1. The highest BCUT2D eigenvalue weighted by Gasteiger charge is 2.12. The van der Waals surface area contributed by atoms with Crippen molar-refractivity contribution in [3.8, 4) is 5.75 Å². The molecule has 4 heteroatoms. The molecule has 1 aromatic heterocycles. The Bertz CT molecular complexity index is 548. The van der Waals surface area contributed by atoms with Crippen LogP contribution in [0.1, 0.15) is 43.8 Å². The van der Waals surface area contributed by atoms with Gasteiger partial charge >= 0.3 is 0 Å². The van der Waals surface area contributed by atoms with Crippen LogP contribution in [-0.2, 0) is 6.54 Å². The minimum Gasteiger partial charge on any atom is -0.491 e. The van der Waals surface area contributed by atoms with Gasteiger partial charge in [0.05, 0.1) is 18.1 Å². The first-order valence-electron chi connectivity index (χ1n) is 7.05. The summed E-state index contributed by atoms with van der Waals surface area (Å²) >= 11 is 0. The third-order valence-corrected chi connectivity index (χ3v) is 3.26. The molecule has 0 bridgehead atoms. The van der Waals surface area contributed by atoms with Crippen molar-refractivity contribution in [1.82, 2.24) is 15.3 Å². The number of benzene rings is 1. The van der Waals surface area contributed by atoms with E-state index in [4.69, 9.17) is 4.74 Å². The summed E-state index contributed by atoms with van der Waals surface area (Å²) in [5.74, 6) is 0.946. The van der Waals surface area contributed by atoms with E-state index in [2.05, 4.69) is 28.3 Å². The number of aryl methyl sites for hydroxylation is 1. The Morgan fingerprint density at radius 2 is 2.00 bits per heavy atom. The average Bonchev–Trinajstić information content (AvgIpc) is 2.81. The van der Waals surface area contributed by atoms with Crippen LogP contribution in [0.2, 0.25) is 0 Å². The highest BCUT2D eigenvalue weighted by molar-refractivity contribution is 5.35. The Kier molecular flexibility index (Phi) is 4.79. The Morgan fingerprint density at radius 3 is 2.65 bits per heavy atom. The van der Waals surface area contributed by atoms with E-state index in [1.165, 1.54) is 5.56 Å². The van der Waals surface area contributed by atoms with E-state index in [9.17, 15) is 0 Å². The Morgan fingerprint density at radius 1 is 1.25 bits per heavy atom. The van der Waals surface area contributed by atoms with Crippen molar-refractivity contribution in [2.75, 3.05) is 0 Å². The lowest BCUT2D eigenvalue weighted by atomic mass is 10.1. The molecular formula is C16H23N3O. The van der Waals surface area contributed by atoms with Crippen LogP contribution in [-0.4, -0.2) is 16.1 Å². The molecule has 2 rings (SSSR count). The maximum atomic E-state index is 5.87. The number of hydrogen-bond acceptors (Lipinski definition) is 3. The van der Waals surface area contributed by atoms with Crippen molar-refractivity contribution in [3.63, 3.8) is 0 Å². The molecule has 0 spiro atoms. The molecule has 108 valence electrons. The number of aromatic nitrogens is 2. The second-order valence-corrected chi connectivity index (χ2v) is 5.28. The van der Waals surface area contributed by atoms with E-state index in [-0.39, 0.29) is 12.1 Å². The van der Waals surface area contributed by atoms with Crippen LogP contribution in [0.4, 0.5) is 0 Å². The van der Waals surface area contributed by atoms with Gasteiger partial charge in [-0.3, -0.25) is 0 Å². The first-order valence-corrected chi connectivity index (χ1v) is 7.05. The Labute approximate surface area is 120 Å². The number of nitrogens with one attached hydrogen (secondary N) is 2. The van der Waals surface area contributed by atoms with Gasteiger partial charge in [-0.15, -0.1) is 0 Å². The molecule has 0 fully saturated rings. The Hall–Kier alpha value is -1.81. The van der Waals surface area contributed by atoms with Gasteiger partial charge in [-0.1, -0.05) is 18.2 Å². The zero-order chi connectivity index (χ0) is 14.5. The Balaban J connectivity index is 2.05. The zero-order valence-corrected chi connectivity index (χ0v) is 12.6. The summed E-state index contributed by atoms with van der Waals surface area (Å²) in [6, 6.07) is 8.38. The minimum atomic E-state index is 0.178. The highest BCUT2D eigenvalue weighted by Crippen LogP contribution is 2.26. The van der Waals surface area contributed by atoms with Gasteiger partial charge in [-0.25, -0.2) is 4.98 Å². The summed E-state index contributed by atoms with van der Waals surface area (Å²) in [4.78, 5) is 7.40. The first kappa shape index (κ1) is 14.6. The smallest absolute Gasteiger partial charge is 0.124 e. The lowest BCUT2D eigenvalue weighted by Gasteiger charge is -2.19. The van der Waals surface area contributed by atoms with Crippen LogP contribution in [0.5, 0.6) is 5.75 Å². The van der Waals surface area contributed by atoms with Gasteiger partial charge in [-0.2, -0.15) is 0 Å². The van der Waals surface area contributed by atoms with E-state index in [1.807, 2.05) is 39.0 Å². The third-order valence-electron chi connectivity index (χ3n) is 3.26. The molecule has 0 saturated carbocycles. The summed E-state index contributed by atoms with van der Waals surface area (Å²) in [5, 5.41) is 3.49. The molecule has 0 radical (unpaired) electrons. The standard InChI is InChI=1S/C16H23N3O/c1-11(2)20-16-8-6-5-7-14(16)12(3)17-9-15-13(4)18-10-19-15/h5-8,10-12,17H,9H2,1-4H3,(H,18,19). The third kappa shape index (κ3) is 3.61. The number of imidazole rings is 1. The van der Waals surface area contributed by atoms with E-state index in [1.54, 1.807) is 6.33 Å². The van der Waals surface area contributed by atoms with Crippen molar-refractivity contribution in [1.29, 1.82) is 0 Å². The van der Waals surface area contributed by atoms with Gasteiger partial charge in [0, 0.05) is 23.8 Å². The first-order chi connectivity index (χ1) is 9.58. The van der Waals surface area contributed by atoms with Gasteiger partial charge in [-0.05, 0) is 33.8 Å². The lowest BCUT2D eigenvalue weighted by Crippen LogP contribution is -2.20. The molecule has 1 atom stereocenters. The van der Waals surface area contributed by atoms with Crippen LogP contribution in [0, 0.1) is 6.92 Å².